The summed E-state index contributed by atoms with van der Waals surface area (Å²) in [5, 5.41) is 4.68. The first-order valence-electron chi connectivity index (χ1n) is 16.2. The maximum Gasteiger partial charge on any atom is 0.144 e. The second-order valence-corrected chi connectivity index (χ2v) is 13.2. The second kappa shape index (κ2) is 9.54. The average molecular weight is 603 g/mol. The van der Waals surface area contributed by atoms with Gasteiger partial charge in [-0.1, -0.05) is 117 Å². The van der Waals surface area contributed by atoms with E-state index in [0.29, 0.717) is 0 Å². The minimum Gasteiger partial charge on any atom is -0.455 e. The van der Waals surface area contributed by atoms with Crippen molar-refractivity contribution in [1.82, 2.24) is 9.55 Å². The van der Waals surface area contributed by atoms with Crippen LogP contribution in [0.4, 0.5) is 0 Å². The normalized spacial score (nSPS) is 13.5. The third-order valence-corrected chi connectivity index (χ3v) is 10.2. The molecule has 0 atom stereocenters. The average Bonchev–Trinajstić information content (AvgIpc) is 3.73. The molecule has 3 aromatic heterocycles. The summed E-state index contributed by atoms with van der Waals surface area (Å²) in [6.07, 6.45) is 0. The molecule has 1 aliphatic carbocycles. The first-order valence-corrected chi connectivity index (χ1v) is 16.2. The summed E-state index contributed by atoms with van der Waals surface area (Å²) in [5.41, 5.74) is 13.4. The highest BCUT2D eigenvalue weighted by molar-refractivity contribution is 6.12. The molecule has 47 heavy (non-hydrogen) atoms. The van der Waals surface area contributed by atoms with Gasteiger partial charge in [0.2, 0.25) is 0 Å². The highest BCUT2D eigenvalue weighted by Gasteiger charge is 2.36. The van der Waals surface area contributed by atoms with Gasteiger partial charge in [0.25, 0.3) is 0 Å². The molecule has 3 heteroatoms. The van der Waals surface area contributed by atoms with E-state index in [1.807, 2.05) is 12.1 Å². The SMILES string of the molecule is CC1(C)c2ccccc2-c2cc3c(cc21)c1ccccc1n3-c1cc(-c2ccccc2)cc(-c2cccc3c2oc2ccccc23)n1. The maximum atomic E-state index is 6.51. The van der Waals surface area contributed by atoms with E-state index < -0.39 is 0 Å². The number of fused-ring (bicyclic) bond motifs is 9. The summed E-state index contributed by atoms with van der Waals surface area (Å²) in [5.74, 6) is 0.881. The predicted molar refractivity (Wildman–Crippen MR) is 194 cm³/mol. The van der Waals surface area contributed by atoms with Crippen LogP contribution in [0.15, 0.2) is 150 Å². The number of pyridine rings is 1. The molecule has 0 saturated carbocycles. The first-order chi connectivity index (χ1) is 23.1. The Bertz CT molecular complexity index is 2710. The minimum atomic E-state index is -0.0762. The lowest BCUT2D eigenvalue weighted by atomic mass is 9.82. The molecule has 9 aromatic rings. The van der Waals surface area contributed by atoms with Gasteiger partial charge in [-0.3, -0.25) is 4.57 Å². The van der Waals surface area contributed by atoms with E-state index in [4.69, 9.17) is 9.40 Å². The third kappa shape index (κ3) is 3.71. The molecule has 6 aromatic carbocycles. The third-order valence-electron chi connectivity index (χ3n) is 10.2. The molecule has 0 radical (unpaired) electrons. The van der Waals surface area contributed by atoms with E-state index >= 15 is 0 Å². The maximum absolute atomic E-state index is 6.51. The van der Waals surface area contributed by atoms with Gasteiger partial charge in [0.1, 0.15) is 17.0 Å². The molecule has 1 aliphatic rings. The van der Waals surface area contributed by atoms with Crippen molar-refractivity contribution in [3.63, 3.8) is 0 Å². The van der Waals surface area contributed by atoms with Gasteiger partial charge in [0.15, 0.2) is 0 Å². The van der Waals surface area contributed by atoms with Crippen LogP contribution in [0, 0.1) is 0 Å². The Kier molecular flexibility index (Phi) is 5.34. The van der Waals surface area contributed by atoms with Crippen molar-refractivity contribution < 1.29 is 4.42 Å². The van der Waals surface area contributed by atoms with Gasteiger partial charge < -0.3 is 4.42 Å². The van der Waals surface area contributed by atoms with Crippen LogP contribution in [0.5, 0.6) is 0 Å². The first kappa shape index (κ1) is 26.3. The molecule has 222 valence electrons. The molecule has 3 heterocycles. The van der Waals surface area contributed by atoms with E-state index in [2.05, 4.69) is 152 Å². The van der Waals surface area contributed by atoms with Crippen molar-refractivity contribution in [2.24, 2.45) is 0 Å². The van der Waals surface area contributed by atoms with Gasteiger partial charge in [-0.05, 0) is 75.8 Å². The fourth-order valence-corrected chi connectivity index (χ4v) is 7.92. The fourth-order valence-electron chi connectivity index (χ4n) is 7.92. The molecule has 3 nitrogen and oxygen atoms in total. The number of rotatable bonds is 3. The number of hydrogen-bond acceptors (Lipinski definition) is 2. The Morgan fingerprint density at radius 2 is 1.23 bits per heavy atom. The molecule has 0 fully saturated rings. The molecule has 0 spiro atoms. The van der Waals surface area contributed by atoms with E-state index in [1.165, 1.54) is 33.0 Å². The van der Waals surface area contributed by atoms with Gasteiger partial charge in [0, 0.05) is 32.5 Å². The zero-order valence-corrected chi connectivity index (χ0v) is 26.2. The Morgan fingerprint density at radius 1 is 0.511 bits per heavy atom. The summed E-state index contributed by atoms with van der Waals surface area (Å²) in [7, 11) is 0. The number of para-hydroxylation sites is 3. The summed E-state index contributed by atoms with van der Waals surface area (Å²) in [4.78, 5) is 5.46. The second-order valence-electron chi connectivity index (χ2n) is 13.2. The summed E-state index contributed by atoms with van der Waals surface area (Å²) >= 11 is 0. The molecule has 0 bridgehead atoms. The van der Waals surface area contributed by atoms with Crippen molar-refractivity contribution in [2.45, 2.75) is 19.3 Å². The van der Waals surface area contributed by atoms with Gasteiger partial charge in [-0.2, -0.15) is 0 Å². The van der Waals surface area contributed by atoms with Crippen molar-refractivity contribution >= 4 is 43.7 Å². The molecular formula is C44H30N2O. The lowest BCUT2D eigenvalue weighted by molar-refractivity contribution is 0.661. The Hall–Kier alpha value is -5.93. The minimum absolute atomic E-state index is 0.0762. The van der Waals surface area contributed by atoms with E-state index in [-0.39, 0.29) is 5.41 Å². The lowest BCUT2D eigenvalue weighted by Crippen LogP contribution is -2.14. The van der Waals surface area contributed by atoms with Crippen LogP contribution in [0.25, 0.3) is 83.1 Å². The molecule has 0 saturated heterocycles. The van der Waals surface area contributed by atoms with E-state index in [9.17, 15) is 0 Å². The fraction of sp³-hybridized carbons (Fsp3) is 0.0682. The Morgan fingerprint density at radius 3 is 2.13 bits per heavy atom. The summed E-state index contributed by atoms with van der Waals surface area (Å²) < 4.78 is 8.87. The zero-order chi connectivity index (χ0) is 31.3. The summed E-state index contributed by atoms with van der Waals surface area (Å²) in [6.45, 7) is 4.69. The van der Waals surface area contributed by atoms with Gasteiger partial charge in [0.05, 0.1) is 16.7 Å². The van der Waals surface area contributed by atoms with E-state index in [1.54, 1.807) is 0 Å². The molecular weight excluding hydrogens is 572 g/mol. The topological polar surface area (TPSA) is 31.0 Å². The molecule has 0 aliphatic heterocycles. The standard InChI is InChI=1S/C44H30N2O/c1-44(2)36-20-9-6-15-29(36)34-26-40-35(25-37(34)44)30-16-7-10-21-39(30)46(40)42-24-28(27-13-4-3-5-14-27)23-38(45-42)33-19-12-18-32-31-17-8-11-22-41(31)47-43(32)33/h3-26H,1-2H3. The van der Waals surface area contributed by atoms with Gasteiger partial charge in [-0.25, -0.2) is 4.98 Å². The highest BCUT2D eigenvalue weighted by Crippen LogP contribution is 2.51. The van der Waals surface area contributed by atoms with Crippen LogP contribution in [0.3, 0.4) is 0 Å². The number of furan rings is 1. The molecule has 0 N–H and O–H groups in total. The highest BCUT2D eigenvalue weighted by atomic mass is 16.3. The number of benzene rings is 6. The Balaban J connectivity index is 1.30. The number of hydrogen-bond donors (Lipinski definition) is 0. The molecule has 10 rings (SSSR count). The molecule has 0 amide bonds. The van der Waals surface area contributed by atoms with Crippen LogP contribution in [0.2, 0.25) is 0 Å². The number of nitrogens with zero attached hydrogens (tertiary/aromatic N) is 2. The quantitative estimate of drug-likeness (QED) is 0.201. The smallest absolute Gasteiger partial charge is 0.144 e. The Labute approximate surface area is 272 Å². The van der Waals surface area contributed by atoms with Gasteiger partial charge in [-0.15, -0.1) is 0 Å². The van der Waals surface area contributed by atoms with Crippen molar-refractivity contribution in [2.75, 3.05) is 0 Å². The largest absolute Gasteiger partial charge is 0.455 e. The van der Waals surface area contributed by atoms with Gasteiger partial charge >= 0.3 is 0 Å². The van der Waals surface area contributed by atoms with Crippen LogP contribution < -0.4 is 0 Å². The van der Waals surface area contributed by atoms with Crippen molar-refractivity contribution in [1.29, 1.82) is 0 Å². The number of aromatic nitrogens is 2. The van der Waals surface area contributed by atoms with Crippen LogP contribution in [0.1, 0.15) is 25.0 Å². The van der Waals surface area contributed by atoms with Crippen LogP contribution in [-0.2, 0) is 5.41 Å². The van der Waals surface area contributed by atoms with Crippen LogP contribution >= 0.6 is 0 Å². The monoisotopic (exact) mass is 602 g/mol. The van der Waals surface area contributed by atoms with E-state index in [0.717, 1.165) is 61.2 Å². The van der Waals surface area contributed by atoms with Crippen LogP contribution in [-0.4, -0.2) is 9.55 Å². The zero-order valence-electron chi connectivity index (χ0n) is 26.2. The van der Waals surface area contributed by atoms with Crippen molar-refractivity contribution in [3.8, 4) is 39.3 Å². The lowest BCUT2D eigenvalue weighted by Gasteiger charge is -2.21. The molecule has 0 unspecified atom stereocenters. The van der Waals surface area contributed by atoms with Crippen molar-refractivity contribution in [3.05, 3.63) is 157 Å². The predicted octanol–water partition coefficient (Wildman–Crippen LogP) is 11.7. The summed E-state index contributed by atoms with van der Waals surface area (Å²) in [6, 6.07) is 52.1.